The highest BCUT2D eigenvalue weighted by atomic mass is 32.2. The van der Waals surface area contributed by atoms with Crippen LogP contribution in [0.3, 0.4) is 0 Å². The topological polar surface area (TPSA) is 57.9 Å². The molecule has 0 atom stereocenters. The highest BCUT2D eigenvalue weighted by Gasteiger charge is 1.75. The largest absolute Gasteiger partial charge is 0.261 e. The molecule has 0 aromatic heterocycles. The maximum absolute atomic E-state index is 9.69. The predicted molar refractivity (Wildman–Crippen MR) is 28.7 cm³/mol. The summed E-state index contributed by atoms with van der Waals surface area (Å²) in [6, 6.07) is 1.61. The van der Waals surface area contributed by atoms with Gasteiger partial charge in [-0.05, 0) is 6.92 Å². The quantitative estimate of drug-likeness (QED) is 0.334. The molecule has 0 saturated heterocycles. The summed E-state index contributed by atoms with van der Waals surface area (Å²) in [5.41, 5.74) is 0.0679. The van der Waals surface area contributed by atoms with Crippen molar-refractivity contribution in [3.8, 4) is 6.07 Å². The van der Waals surface area contributed by atoms with Crippen LogP contribution in [0.2, 0.25) is 0 Å². The standard InChI is InChI=1S/C4H3NO2S/c1-4(2-5)3-8(6)7/h1H3. The van der Waals surface area contributed by atoms with Crippen LogP contribution in [0.25, 0.3) is 0 Å². The fourth-order valence-corrected chi connectivity index (χ4v) is 0.443. The van der Waals surface area contributed by atoms with Gasteiger partial charge in [0.05, 0.1) is 5.57 Å². The highest BCUT2D eigenvalue weighted by molar-refractivity contribution is 7.70. The van der Waals surface area contributed by atoms with Crippen molar-refractivity contribution < 1.29 is 8.42 Å². The molecule has 0 aromatic carbocycles. The van der Waals surface area contributed by atoms with Gasteiger partial charge in [0.15, 0.2) is 0 Å². The monoisotopic (exact) mass is 129 g/mol. The summed E-state index contributed by atoms with van der Waals surface area (Å²) >= 11 is 0. The van der Waals surface area contributed by atoms with Crippen LogP contribution in [-0.4, -0.2) is 13.4 Å². The fourth-order valence-electron chi connectivity index (χ4n) is 0.148. The highest BCUT2D eigenvalue weighted by Crippen LogP contribution is 1.74. The number of hydrogen-bond acceptors (Lipinski definition) is 3. The number of rotatable bonds is 0. The minimum Gasteiger partial charge on any atom is -0.192 e. The Kier molecular flexibility index (Phi) is 2.63. The van der Waals surface area contributed by atoms with E-state index in [-0.39, 0.29) is 5.57 Å². The van der Waals surface area contributed by atoms with Gasteiger partial charge in [-0.15, -0.1) is 0 Å². The lowest BCUT2D eigenvalue weighted by atomic mass is 10.4. The Bertz CT molecular complexity index is 266. The van der Waals surface area contributed by atoms with Gasteiger partial charge in [-0.25, -0.2) is 0 Å². The van der Waals surface area contributed by atoms with Gasteiger partial charge in [0.25, 0.3) is 10.3 Å². The Hall–Kier alpha value is -1.04. The van der Waals surface area contributed by atoms with E-state index in [0.717, 1.165) is 0 Å². The molecule has 42 valence electrons. The normalized spacial score (nSPS) is 6.50. The summed E-state index contributed by atoms with van der Waals surface area (Å²) in [7, 11) is -2.36. The first-order chi connectivity index (χ1) is 3.66. The average molecular weight is 129 g/mol. The average Bonchev–Trinajstić information content (AvgIpc) is 1.65. The Labute approximate surface area is 48.4 Å². The van der Waals surface area contributed by atoms with Crippen LogP contribution in [0.4, 0.5) is 0 Å². The Morgan fingerprint density at radius 2 is 2.12 bits per heavy atom. The molecule has 0 heterocycles. The van der Waals surface area contributed by atoms with Crippen LogP contribution in [-0.2, 0) is 10.3 Å². The van der Waals surface area contributed by atoms with Crippen molar-refractivity contribution in [2.75, 3.05) is 0 Å². The van der Waals surface area contributed by atoms with Crippen molar-refractivity contribution in [3.05, 3.63) is 5.57 Å². The first kappa shape index (κ1) is 6.96. The third kappa shape index (κ3) is 3.16. The van der Waals surface area contributed by atoms with Gasteiger partial charge in [-0.1, -0.05) is 0 Å². The number of nitrogens with zero attached hydrogens (tertiary/aromatic N) is 1. The lowest BCUT2D eigenvalue weighted by Gasteiger charge is -1.62. The molecule has 0 unspecified atom stereocenters. The van der Waals surface area contributed by atoms with Crippen LogP contribution in [0.15, 0.2) is 5.57 Å². The molecule has 0 N–H and O–H groups in total. The lowest BCUT2D eigenvalue weighted by Crippen LogP contribution is -1.67. The first-order valence-electron chi connectivity index (χ1n) is 1.76. The van der Waals surface area contributed by atoms with Crippen LogP contribution in [0, 0.1) is 11.3 Å². The molecular weight excluding hydrogens is 126 g/mol. The Morgan fingerprint density at radius 1 is 1.62 bits per heavy atom. The van der Waals surface area contributed by atoms with Gasteiger partial charge < -0.3 is 0 Å². The van der Waals surface area contributed by atoms with Crippen LogP contribution < -0.4 is 0 Å². The summed E-state index contributed by atoms with van der Waals surface area (Å²) in [5, 5.41) is 9.83. The van der Waals surface area contributed by atoms with Gasteiger partial charge in [0, 0.05) is 5.02 Å². The van der Waals surface area contributed by atoms with E-state index in [1.165, 1.54) is 6.92 Å². The molecular formula is C4H3NO2S. The van der Waals surface area contributed by atoms with Gasteiger partial charge in [-0.2, -0.15) is 13.7 Å². The second kappa shape index (κ2) is 3.03. The van der Waals surface area contributed by atoms with Crippen molar-refractivity contribution in [1.82, 2.24) is 0 Å². The van der Waals surface area contributed by atoms with Gasteiger partial charge >= 0.3 is 0 Å². The van der Waals surface area contributed by atoms with E-state index in [2.05, 4.69) is 0 Å². The molecule has 3 nitrogen and oxygen atoms in total. The molecule has 0 rings (SSSR count). The summed E-state index contributed by atoms with van der Waals surface area (Å²) in [6.45, 7) is 1.37. The summed E-state index contributed by atoms with van der Waals surface area (Å²) in [6.07, 6.45) is 0. The Morgan fingerprint density at radius 3 is 2.25 bits per heavy atom. The van der Waals surface area contributed by atoms with Crippen LogP contribution in [0.5, 0.6) is 0 Å². The summed E-state index contributed by atoms with van der Waals surface area (Å²) < 4.78 is 19.4. The van der Waals surface area contributed by atoms with Crippen LogP contribution in [0.1, 0.15) is 6.92 Å². The first-order valence-corrected chi connectivity index (χ1v) is 2.84. The zero-order chi connectivity index (χ0) is 6.57. The van der Waals surface area contributed by atoms with Crippen molar-refractivity contribution in [2.45, 2.75) is 6.92 Å². The minimum absolute atomic E-state index is 0.0679. The lowest BCUT2D eigenvalue weighted by molar-refractivity contribution is 0.627. The molecule has 8 heavy (non-hydrogen) atoms. The molecule has 0 radical (unpaired) electrons. The molecule has 0 saturated carbocycles. The third-order valence-electron chi connectivity index (χ3n) is 0.404. The molecule has 0 aliphatic carbocycles. The van der Waals surface area contributed by atoms with Crippen LogP contribution >= 0.6 is 0 Å². The van der Waals surface area contributed by atoms with Crippen molar-refractivity contribution in [3.63, 3.8) is 0 Å². The third-order valence-corrected chi connectivity index (χ3v) is 0.877. The van der Waals surface area contributed by atoms with E-state index < -0.39 is 10.3 Å². The Balaban J connectivity index is 5.05. The van der Waals surface area contributed by atoms with Gasteiger partial charge in [0.2, 0.25) is 0 Å². The number of nitriles is 1. The number of allylic oxidation sites excluding steroid dienone is 1. The van der Waals surface area contributed by atoms with E-state index in [9.17, 15) is 8.42 Å². The van der Waals surface area contributed by atoms with Gasteiger partial charge in [0.1, 0.15) is 6.07 Å². The van der Waals surface area contributed by atoms with Crippen molar-refractivity contribution >= 4 is 15.3 Å². The fraction of sp³-hybridized carbons (Fsp3) is 0.250. The minimum atomic E-state index is -2.36. The second-order valence-corrected chi connectivity index (χ2v) is 1.75. The predicted octanol–water partition coefficient (Wildman–Crippen LogP) is -0.264. The zero-order valence-corrected chi connectivity index (χ0v) is 4.99. The summed E-state index contributed by atoms with van der Waals surface area (Å²) in [5.74, 6) is 0. The molecule has 0 aromatic rings. The van der Waals surface area contributed by atoms with E-state index in [1.807, 2.05) is 5.02 Å². The number of hydrogen-bond donors (Lipinski definition) is 0. The molecule has 0 fully saturated rings. The second-order valence-electron chi connectivity index (χ2n) is 1.07. The smallest absolute Gasteiger partial charge is 0.192 e. The van der Waals surface area contributed by atoms with E-state index in [4.69, 9.17) is 5.26 Å². The van der Waals surface area contributed by atoms with Crippen molar-refractivity contribution in [2.24, 2.45) is 0 Å². The molecule has 0 amide bonds. The molecule has 0 aliphatic rings. The van der Waals surface area contributed by atoms with E-state index >= 15 is 0 Å². The zero-order valence-electron chi connectivity index (χ0n) is 4.17. The molecule has 0 bridgehead atoms. The maximum atomic E-state index is 9.69. The molecule has 4 heteroatoms. The van der Waals surface area contributed by atoms with Gasteiger partial charge in [-0.3, -0.25) is 0 Å². The maximum Gasteiger partial charge on any atom is 0.261 e. The summed E-state index contributed by atoms with van der Waals surface area (Å²) in [4.78, 5) is 0. The van der Waals surface area contributed by atoms with E-state index in [1.54, 1.807) is 6.07 Å². The van der Waals surface area contributed by atoms with Crippen molar-refractivity contribution in [1.29, 1.82) is 5.26 Å². The molecule has 0 aliphatic heterocycles. The SMILES string of the molecule is CC(=C=S(=O)=O)C#N. The van der Waals surface area contributed by atoms with E-state index in [0.29, 0.717) is 0 Å². The molecule has 0 spiro atoms.